The van der Waals surface area contributed by atoms with Crippen molar-refractivity contribution in [2.75, 3.05) is 12.8 Å². The van der Waals surface area contributed by atoms with Crippen LogP contribution in [0.2, 0.25) is 0 Å². The topological polar surface area (TPSA) is 102 Å². The van der Waals surface area contributed by atoms with E-state index in [-0.39, 0.29) is 16.6 Å². The summed E-state index contributed by atoms with van der Waals surface area (Å²) in [6.07, 6.45) is 0.468. The smallest absolute Gasteiger partial charge is 0.242 e. The molecule has 100 valence electrons. The molecule has 4 N–H and O–H groups in total. The van der Waals surface area contributed by atoms with E-state index < -0.39 is 16.1 Å². The number of aliphatic hydroxyl groups is 1. The van der Waals surface area contributed by atoms with Crippen LogP contribution >= 0.6 is 0 Å². The third-order valence-electron chi connectivity index (χ3n) is 2.94. The molecule has 2 rings (SSSR count). The van der Waals surface area contributed by atoms with Crippen LogP contribution in [0.4, 0.5) is 5.69 Å². The van der Waals surface area contributed by atoms with Gasteiger partial charge in [0.25, 0.3) is 0 Å². The quantitative estimate of drug-likeness (QED) is 0.674. The first kappa shape index (κ1) is 13.1. The van der Waals surface area contributed by atoms with E-state index in [4.69, 9.17) is 15.6 Å². The summed E-state index contributed by atoms with van der Waals surface area (Å²) in [5.41, 5.74) is 5.84. The van der Waals surface area contributed by atoms with Crippen LogP contribution in [0, 0.1) is 0 Å². The Hall–Kier alpha value is -1.31. The van der Waals surface area contributed by atoms with Crippen LogP contribution in [-0.4, -0.2) is 32.8 Å². The van der Waals surface area contributed by atoms with Gasteiger partial charge in [0, 0.05) is 12.1 Å². The minimum absolute atomic E-state index is 0.0321. The standard InChI is InChI=1S/C11H16N2O4S/c1-17-9-2-3-11(10(12)6-9)18(15,16)13-7-4-8(14)5-7/h2-3,6-8,13-14H,4-5,12H2,1H3. The van der Waals surface area contributed by atoms with Crippen molar-refractivity contribution in [3.05, 3.63) is 18.2 Å². The fourth-order valence-corrected chi connectivity index (χ4v) is 3.24. The molecule has 1 fully saturated rings. The number of nitrogens with two attached hydrogens (primary N) is 1. The van der Waals surface area contributed by atoms with Gasteiger partial charge in [-0.25, -0.2) is 13.1 Å². The lowest BCUT2D eigenvalue weighted by Crippen LogP contribution is -2.46. The number of hydrogen-bond acceptors (Lipinski definition) is 5. The Morgan fingerprint density at radius 3 is 2.61 bits per heavy atom. The zero-order chi connectivity index (χ0) is 13.3. The van der Waals surface area contributed by atoms with E-state index in [0.717, 1.165) is 0 Å². The van der Waals surface area contributed by atoms with Gasteiger partial charge in [-0.3, -0.25) is 0 Å². The average Bonchev–Trinajstić information content (AvgIpc) is 2.26. The van der Waals surface area contributed by atoms with Gasteiger partial charge in [0.15, 0.2) is 0 Å². The molecule has 18 heavy (non-hydrogen) atoms. The van der Waals surface area contributed by atoms with E-state index in [0.29, 0.717) is 18.6 Å². The molecule has 0 amide bonds. The number of hydrogen-bond donors (Lipinski definition) is 3. The Morgan fingerprint density at radius 2 is 2.11 bits per heavy atom. The molecule has 6 nitrogen and oxygen atoms in total. The number of rotatable bonds is 4. The minimum Gasteiger partial charge on any atom is -0.497 e. The van der Waals surface area contributed by atoms with E-state index in [1.54, 1.807) is 6.07 Å². The third kappa shape index (κ3) is 2.58. The molecule has 1 aliphatic rings. The zero-order valence-corrected chi connectivity index (χ0v) is 10.8. The predicted octanol–water partition coefficient (Wildman–Crippen LogP) is 0.0790. The molecule has 1 aromatic carbocycles. The van der Waals surface area contributed by atoms with Crippen LogP contribution in [0.3, 0.4) is 0 Å². The second-order valence-electron chi connectivity index (χ2n) is 4.35. The molecule has 0 saturated heterocycles. The Bertz CT molecular complexity index is 538. The maximum absolute atomic E-state index is 12.0. The Kier molecular flexibility index (Phi) is 3.47. The first-order valence-electron chi connectivity index (χ1n) is 5.56. The summed E-state index contributed by atoms with van der Waals surface area (Å²) in [6.45, 7) is 0. The highest BCUT2D eigenvalue weighted by Crippen LogP contribution is 2.26. The number of nitrogens with one attached hydrogen (secondary N) is 1. The first-order chi connectivity index (χ1) is 8.42. The van der Waals surface area contributed by atoms with Crippen molar-refractivity contribution in [3.63, 3.8) is 0 Å². The fourth-order valence-electron chi connectivity index (χ4n) is 1.87. The number of methoxy groups -OCH3 is 1. The maximum atomic E-state index is 12.0. The van der Waals surface area contributed by atoms with Gasteiger partial charge in [-0.1, -0.05) is 0 Å². The zero-order valence-electron chi connectivity index (χ0n) is 9.96. The van der Waals surface area contributed by atoms with Crippen molar-refractivity contribution in [1.29, 1.82) is 0 Å². The Balaban J connectivity index is 2.19. The highest BCUT2D eigenvalue weighted by Gasteiger charge is 2.31. The molecule has 0 aromatic heterocycles. The van der Waals surface area contributed by atoms with Gasteiger partial charge in [0.1, 0.15) is 10.6 Å². The molecule has 7 heteroatoms. The summed E-state index contributed by atoms with van der Waals surface area (Å²) in [7, 11) is -2.16. The molecule has 0 heterocycles. The van der Waals surface area contributed by atoms with Gasteiger partial charge in [-0.05, 0) is 25.0 Å². The molecular weight excluding hydrogens is 256 g/mol. The van der Waals surface area contributed by atoms with Crippen molar-refractivity contribution in [2.24, 2.45) is 0 Å². The molecule has 0 atom stereocenters. The van der Waals surface area contributed by atoms with Crippen molar-refractivity contribution < 1.29 is 18.3 Å². The summed E-state index contributed by atoms with van der Waals surface area (Å²) in [5, 5.41) is 9.13. The fraction of sp³-hybridized carbons (Fsp3) is 0.455. The van der Waals surface area contributed by atoms with E-state index >= 15 is 0 Å². The lowest BCUT2D eigenvalue weighted by Gasteiger charge is -2.31. The highest BCUT2D eigenvalue weighted by atomic mass is 32.2. The largest absolute Gasteiger partial charge is 0.497 e. The van der Waals surface area contributed by atoms with Gasteiger partial charge in [-0.2, -0.15) is 0 Å². The van der Waals surface area contributed by atoms with E-state index in [1.807, 2.05) is 0 Å². The number of nitrogen functional groups attached to an aromatic ring is 1. The molecule has 1 aliphatic carbocycles. The average molecular weight is 272 g/mol. The summed E-state index contributed by atoms with van der Waals surface area (Å²) in [4.78, 5) is 0.0321. The van der Waals surface area contributed by atoms with Crippen LogP contribution in [0.5, 0.6) is 5.75 Å². The van der Waals surface area contributed by atoms with Gasteiger partial charge in [-0.15, -0.1) is 0 Å². The SMILES string of the molecule is COc1ccc(S(=O)(=O)NC2CC(O)C2)c(N)c1. The van der Waals surface area contributed by atoms with Crippen LogP contribution in [0.15, 0.2) is 23.1 Å². The number of aliphatic hydroxyl groups excluding tert-OH is 1. The minimum atomic E-state index is -3.64. The molecule has 0 unspecified atom stereocenters. The molecule has 0 bridgehead atoms. The first-order valence-corrected chi connectivity index (χ1v) is 7.04. The maximum Gasteiger partial charge on any atom is 0.242 e. The molecule has 0 spiro atoms. The molecule has 0 aliphatic heterocycles. The predicted molar refractivity (Wildman–Crippen MR) is 66.8 cm³/mol. The summed E-state index contributed by atoms with van der Waals surface area (Å²) < 4.78 is 31.6. The number of anilines is 1. The van der Waals surface area contributed by atoms with Crippen LogP contribution < -0.4 is 15.2 Å². The van der Waals surface area contributed by atoms with Crippen LogP contribution in [0.1, 0.15) is 12.8 Å². The normalized spacial score (nSPS) is 23.4. The van der Waals surface area contributed by atoms with Crippen molar-refractivity contribution in [2.45, 2.75) is 29.9 Å². The van der Waals surface area contributed by atoms with Gasteiger partial charge in [0.05, 0.1) is 18.9 Å². The van der Waals surface area contributed by atoms with Crippen molar-refractivity contribution in [3.8, 4) is 5.75 Å². The number of benzene rings is 1. The number of ether oxygens (including phenoxy) is 1. The highest BCUT2D eigenvalue weighted by molar-refractivity contribution is 7.89. The summed E-state index contributed by atoms with van der Waals surface area (Å²) in [5.74, 6) is 0.505. The molecular formula is C11H16N2O4S. The van der Waals surface area contributed by atoms with Crippen molar-refractivity contribution in [1.82, 2.24) is 4.72 Å². The summed E-state index contributed by atoms with van der Waals surface area (Å²) in [6, 6.07) is 4.20. The monoisotopic (exact) mass is 272 g/mol. The van der Waals surface area contributed by atoms with E-state index in [1.165, 1.54) is 19.2 Å². The molecule has 1 saturated carbocycles. The lowest BCUT2D eigenvalue weighted by atomic mass is 9.91. The van der Waals surface area contributed by atoms with Gasteiger partial charge < -0.3 is 15.6 Å². The van der Waals surface area contributed by atoms with Gasteiger partial charge in [0.2, 0.25) is 10.0 Å². The second kappa shape index (κ2) is 4.75. The van der Waals surface area contributed by atoms with Gasteiger partial charge >= 0.3 is 0 Å². The third-order valence-corrected chi connectivity index (χ3v) is 4.54. The lowest BCUT2D eigenvalue weighted by molar-refractivity contribution is 0.0712. The Labute approximate surface area is 106 Å². The number of sulfonamides is 1. The van der Waals surface area contributed by atoms with Crippen LogP contribution in [0.25, 0.3) is 0 Å². The molecule has 0 radical (unpaired) electrons. The van der Waals surface area contributed by atoms with Crippen LogP contribution in [-0.2, 0) is 10.0 Å². The summed E-state index contributed by atoms with van der Waals surface area (Å²) >= 11 is 0. The van der Waals surface area contributed by atoms with E-state index in [9.17, 15) is 8.42 Å². The molecule has 1 aromatic rings. The van der Waals surface area contributed by atoms with Crippen molar-refractivity contribution >= 4 is 15.7 Å². The second-order valence-corrected chi connectivity index (χ2v) is 6.03. The van der Waals surface area contributed by atoms with E-state index in [2.05, 4.69) is 4.72 Å². The Morgan fingerprint density at radius 1 is 1.44 bits per heavy atom.